The predicted molar refractivity (Wildman–Crippen MR) is 105 cm³/mol. The summed E-state index contributed by atoms with van der Waals surface area (Å²) in [7, 11) is 0. The van der Waals surface area contributed by atoms with Gasteiger partial charge in [-0.1, -0.05) is 51.2 Å². The molecule has 0 radical (unpaired) electrons. The first kappa shape index (κ1) is 21.5. The van der Waals surface area contributed by atoms with Gasteiger partial charge in [0, 0.05) is 11.6 Å². The molecule has 0 aromatic heterocycles. The molecule has 0 aliphatic rings. The number of aryl methyl sites for hydroxylation is 1. The maximum Gasteiger partial charge on any atom is 0.340 e. The van der Waals surface area contributed by atoms with Crippen LogP contribution in [0.5, 0.6) is 0 Å². The van der Waals surface area contributed by atoms with Crippen LogP contribution in [0.25, 0.3) is 0 Å². The lowest BCUT2D eigenvalue weighted by molar-refractivity contribution is 0.0693. The molecule has 4 nitrogen and oxygen atoms in total. The molecule has 0 atom stereocenters. The summed E-state index contributed by atoms with van der Waals surface area (Å²) in [5, 5.41) is 11.4. The normalized spacial score (nSPS) is 10.7. The van der Waals surface area contributed by atoms with Crippen molar-refractivity contribution in [1.29, 1.82) is 0 Å². The van der Waals surface area contributed by atoms with Gasteiger partial charge >= 0.3 is 5.97 Å². The fourth-order valence-corrected chi connectivity index (χ4v) is 3.02. The Bertz CT molecular complexity index is 819. The lowest BCUT2D eigenvalue weighted by atomic mass is 10.0. The average molecular weight is 389 g/mol. The second kappa shape index (κ2) is 10.5. The van der Waals surface area contributed by atoms with Gasteiger partial charge in [0.15, 0.2) is 0 Å². The number of carbonyl (C=O) groups is 2. The van der Waals surface area contributed by atoms with E-state index in [9.17, 15) is 18.4 Å². The molecule has 0 spiro atoms. The number of hydrogen-bond donors (Lipinski definition) is 2. The number of halogens is 2. The minimum absolute atomic E-state index is 0.285. The van der Waals surface area contributed by atoms with Crippen molar-refractivity contribution >= 4 is 17.6 Å². The zero-order valence-electron chi connectivity index (χ0n) is 15.9. The van der Waals surface area contributed by atoms with Crippen molar-refractivity contribution in [2.24, 2.45) is 0 Å². The lowest BCUT2D eigenvalue weighted by Gasteiger charge is -2.10. The second-order valence-corrected chi connectivity index (χ2v) is 6.78. The van der Waals surface area contributed by atoms with Crippen molar-refractivity contribution in [2.75, 3.05) is 5.32 Å². The number of hydrogen-bond acceptors (Lipinski definition) is 2. The number of unbranched alkanes of at least 4 members (excludes halogenated alkanes) is 5. The summed E-state index contributed by atoms with van der Waals surface area (Å²) in [6.45, 7) is 2.19. The summed E-state index contributed by atoms with van der Waals surface area (Å²) in [4.78, 5) is 23.5. The highest BCUT2D eigenvalue weighted by molar-refractivity contribution is 6.07. The van der Waals surface area contributed by atoms with Gasteiger partial charge in [-0.15, -0.1) is 0 Å². The number of benzene rings is 2. The molecule has 28 heavy (non-hydrogen) atoms. The van der Waals surface area contributed by atoms with Crippen LogP contribution in [0, 0.1) is 11.6 Å². The van der Waals surface area contributed by atoms with Crippen LogP contribution in [-0.4, -0.2) is 17.0 Å². The Hall–Kier alpha value is -2.76. The van der Waals surface area contributed by atoms with Gasteiger partial charge in [-0.25, -0.2) is 13.6 Å². The van der Waals surface area contributed by atoms with Crippen molar-refractivity contribution in [3.05, 3.63) is 64.7 Å². The number of carboxylic acid groups (broad SMARTS) is 1. The summed E-state index contributed by atoms with van der Waals surface area (Å²) >= 11 is 0. The molecule has 0 heterocycles. The number of rotatable bonds is 10. The number of carbonyl (C=O) groups excluding carboxylic acids is 1. The third-order valence-corrected chi connectivity index (χ3v) is 4.55. The summed E-state index contributed by atoms with van der Waals surface area (Å²) in [5.74, 6) is -4.41. The van der Waals surface area contributed by atoms with Crippen LogP contribution >= 0.6 is 0 Å². The molecule has 2 N–H and O–H groups in total. The van der Waals surface area contributed by atoms with Crippen molar-refractivity contribution in [3.8, 4) is 0 Å². The van der Waals surface area contributed by atoms with E-state index in [-0.39, 0.29) is 5.56 Å². The van der Waals surface area contributed by atoms with Crippen LogP contribution in [-0.2, 0) is 6.42 Å². The molecule has 0 fully saturated rings. The first-order valence-corrected chi connectivity index (χ1v) is 9.55. The zero-order valence-corrected chi connectivity index (χ0v) is 15.9. The van der Waals surface area contributed by atoms with Crippen molar-refractivity contribution in [2.45, 2.75) is 51.9 Å². The maximum absolute atomic E-state index is 13.7. The summed E-state index contributed by atoms with van der Waals surface area (Å²) in [5.41, 5.74) is 0.211. The smallest absolute Gasteiger partial charge is 0.340 e. The Morgan fingerprint density at radius 2 is 1.61 bits per heavy atom. The maximum atomic E-state index is 13.7. The largest absolute Gasteiger partial charge is 0.478 e. The van der Waals surface area contributed by atoms with Gasteiger partial charge < -0.3 is 10.4 Å². The molecule has 0 unspecified atom stereocenters. The minimum atomic E-state index is -1.58. The molecule has 6 heteroatoms. The van der Waals surface area contributed by atoms with E-state index in [4.69, 9.17) is 5.11 Å². The van der Waals surface area contributed by atoms with Crippen molar-refractivity contribution in [1.82, 2.24) is 0 Å². The van der Waals surface area contributed by atoms with Crippen LogP contribution in [0.3, 0.4) is 0 Å². The van der Waals surface area contributed by atoms with Crippen LogP contribution in [0.15, 0.2) is 36.4 Å². The Balaban J connectivity index is 1.98. The number of aromatic carboxylic acids is 1. The molecule has 0 bridgehead atoms. The highest BCUT2D eigenvalue weighted by atomic mass is 19.1. The molecule has 2 rings (SSSR count). The molecular weight excluding hydrogens is 364 g/mol. The number of nitrogens with one attached hydrogen (secondary N) is 1. The van der Waals surface area contributed by atoms with Gasteiger partial charge in [-0.3, -0.25) is 4.79 Å². The predicted octanol–water partition coefficient (Wildman–Crippen LogP) is 5.82. The summed E-state index contributed by atoms with van der Waals surface area (Å²) in [6, 6.07) is 8.18. The van der Waals surface area contributed by atoms with Crippen LogP contribution < -0.4 is 5.32 Å². The van der Waals surface area contributed by atoms with E-state index >= 15 is 0 Å². The van der Waals surface area contributed by atoms with Gasteiger partial charge in [-0.2, -0.15) is 0 Å². The molecular formula is C22H25F2NO3. The van der Waals surface area contributed by atoms with E-state index < -0.39 is 34.8 Å². The third kappa shape index (κ3) is 6.15. The van der Waals surface area contributed by atoms with Crippen LogP contribution in [0.2, 0.25) is 0 Å². The fraction of sp³-hybridized carbons (Fsp3) is 0.364. The van der Waals surface area contributed by atoms with Gasteiger partial charge in [-0.05, 0) is 36.6 Å². The van der Waals surface area contributed by atoms with Gasteiger partial charge in [0.25, 0.3) is 5.91 Å². The number of amides is 1. The Morgan fingerprint density at radius 3 is 2.25 bits per heavy atom. The standard InChI is InChI=1S/C22H25F2NO3/c1-2-3-4-5-6-7-8-15-9-11-16(12-10-15)21(26)25-19-14-17(23)13-18(24)20(19)22(27)28/h9-14H,2-8H2,1H3,(H,25,26)(H,27,28). The first-order chi connectivity index (χ1) is 13.4. The molecule has 2 aromatic carbocycles. The van der Waals surface area contributed by atoms with Crippen molar-refractivity contribution < 1.29 is 23.5 Å². The summed E-state index contributed by atoms with van der Waals surface area (Å²) < 4.78 is 27.1. The van der Waals surface area contributed by atoms with E-state index in [1.54, 1.807) is 12.1 Å². The summed E-state index contributed by atoms with van der Waals surface area (Å²) in [6.07, 6.45) is 8.15. The number of anilines is 1. The molecule has 0 aliphatic carbocycles. The number of carboxylic acids is 1. The average Bonchev–Trinajstić information content (AvgIpc) is 2.64. The molecule has 1 amide bonds. The van der Waals surface area contributed by atoms with Gasteiger partial charge in [0.05, 0.1) is 5.69 Å². The zero-order chi connectivity index (χ0) is 20.5. The van der Waals surface area contributed by atoms with E-state index in [1.807, 2.05) is 12.1 Å². The van der Waals surface area contributed by atoms with E-state index in [2.05, 4.69) is 12.2 Å². The van der Waals surface area contributed by atoms with E-state index in [0.29, 0.717) is 6.07 Å². The lowest BCUT2D eigenvalue weighted by Crippen LogP contribution is -2.16. The first-order valence-electron chi connectivity index (χ1n) is 9.55. The Labute approximate surface area is 163 Å². The third-order valence-electron chi connectivity index (χ3n) is 4.55. The quantitative estimate of drug-likeness (QED) is 0.503. The topological polar surface area (TPSA) is 66.4 Å². The molecule has 0 saturated carbocycles. The molecule has 0 aliphatic heterocycles. The van der Waals surface area contributed by atoms with Gasteiger partial charge in [0.1, 0.15) is 17.2 Å². The monoisotopic (exact) mass is 389 g/mol. The van der Waals surface area contributed by atoms with Crippen LogP contribution in [0.4, 0.5) is 14.5 Å². The Morgan fingerprint density at radius 1 is 0.964 bits per heavy atom. The molecule has 2 aromatic rings. The van der Waals surface area contributed by atoms with E-state index in [1.165, 1.54) is 32.1 Å². The van der Waals surface area contributed by atoms with Crippen molar-refractivity contribution in [3.63, 3.8) is 0 Å². The highest BCUT2D eigenvalue weighted by Gasteiger charge is 2.20. The highest BCUT2D eigenvalue weighted by Crippen LogP contribution is 2.22. The fourth-order valence-electron chi connectivity index (χ4n) is 3.02. The minimum Gasteiger partial charge on any atom is -0.478 e. The van der Waals surface area contributed by atoms with E-state index in [0.717, 1.165) is 24.5 Å². The Kier molecular flexibility index (Phi) is 8.11. The molecule has 0 saturated heterocycles. The SMILES string of the molecule is CCCCCCCCc1ccc(C(=O)Nc2cc(F)cc(F)c2C(=O)O)cc1. The van der Waals surface area contributed by atoms with Crippen LogP contribution in [0.1, 0.15) is 71.7 Å². The molecule has 150 valence electrons. The van der Waals surface area contributed by atoms with Gasteiger partial charge in [0.2, 0.25) is 0 Å². The second-order valence-electron chi connectivity index (χ2n) is 6.78.